The van der Waals surface area contributed by atoms with Gasteiger partial charge in [0.2, 0.25) is 15.9 Å². The quantitative estimate of drug-likeness (QED) is 0.505. The van der Waals surface area contributed by atoms with Crippen molar-refractivity contribution in [2.24, 2.45) is 5.73 Å². The van der Waals surface area contributed by atoms with Gasteiger partial charge in [-0.3, -0.25) is 9.59 Å². The van der Waals surface area contributed by atoms with Crippen LogP contribution in [0, 0.1) is 11.6 Å². The number of nitrogens with zero attached hydrogens (tertiary/aromatic N) is 3. The van der Waals surface area contributed by atoms with Crippen molar-refractivity contribution in [3.05, 3.63) is 71.3 Å². The third-order valence-electron chi connectivity index (χ3n) is 6.78. The number of rotatable bonds is 8. The zero-order chi connectivity index (χ0) is 29.9. The van der Waals surface area contributed by atoms with Crippen molar-refractivity contribution in [2.45, 2.75) is 51.5 Å². The van der Waals surface area contributed by atoms with E-state index in [9.17, 15) is 26.8 Å². The second kappa shape index (κ2) is 15.8. The molecule has 1 aliphatic heterocycles. The molecule has 2 fully saturated rings. The van der Waals surface area contributed by atoms with Gasteiger partial charge in [-0.25, -0.2) is 17.2 Å². The number of benzene rings is 2. The smallest absolute Gasteiger partial charge is 0.254 e. The number of piperazine rings is 1. The lowest BCUT2D eigenvalue weighted by Gasteiger charge is -2.37. The van der Waals surface area contributed by atoms with Crippen LogP contribution in [-0.2, 0) is 14.8 Å². The van der Waals surface area contributed by atoms with Gasteiger partial charge in [0.25, 0.3) is 5.91 Å². The topological polar surface area (TPSA) is 104 Å². The Morgan fingerprint density at radius 1 is 0.975 bits per heavy atom. The fourth-order valence-corrected chi connectivity index (χ4v) is 5.16. The molecule has 1 atom stereocenters. The summed E-state index contributed by atoms with van der Waals surface area (Å²) in [6.07, 6.45) is 4.66. The van der Waals surface area contributed by atoms with Crippen LogP contribution in [0.2, 0.25) is 0 Å². The van der Waals surface area contributed by atoms with Gasteiger partial charge in [0, 0.05) is 40.2 Å². The fourth-order valence-electron chi connectivity index (χ4n) is 4.33. The molecule has 11 heteroatoms. The SMILES string of the molecule is CC.CN(C(=O)c1ccc(F)cc1)[C@@H](CCCN)C(=O)N1CCN(S(C)(=O)=O)CC1.Fc1ccc(C2CC2)cc1.[HH]. The Balaban J connectivity index is 0.000000535. The number of likely N-dealkylation sites (N-methyl/N-ethyl adjacent to an activating group) is 1. The average molecular weight is 583 g/mol. The summed E-state index contributed by atoms with van der Waals surface area (Å²) in [6.45, 7) is 5.37. The van der Waals surface area contributed by atoms with Gasteiger partial charge in [-0.15, -0.1) is 0 Å². The summed E-state index contributed by atoms with van der Waals surface area (Å²) >= 11 is 0. The first kappa shape index (κ1) is 33.3. The van der Waals surface area contributed by atoms with Crippen molar-refractivity contribution in [2.75, 3.05) is 46.0 Å². The van der Waals surface area contributed by atoms with Crippen LogP contribution in [0.25, 0.3) is 0 Å². The molecule has 1 saturated carbocycles. The van der Waals surface area contributed by atoms with E-state index in [0.717, 1.165) is 12.2 Å². The number of nitrogens with two attached hydrogens (primary N) is 1. The van der Waals surface area contributed by atoms with Crippen LogP contribution in [0.15, 0.2) is 48.5 Å². The zero-order valence-electron chi connectivity index (χ0n) is 23.9. The molecule has 8 nitrogen and oxygen atoms in total. The van der Waals surface area contributed by atoms with E-state index in [2.05, 4.69) is 0 Å². The molecule has 0 aromatic heterocycles. The maximum atomic E-state index is 13.1. The summed E-state index contributed by atoms with van der Waals surface area (Å²) < 4.78 is 50.1. The molecule has 4 rings (SSSR count). The van der Waals surface area contributed by atoms with Crippen molar-refractivity contribution >= 4 is 21.8 Å². The summed E-state index contributed by atoms with van der Waals surface area (Å²) in [7, 11) is -1.76. The number of amides is 2. The van der Waals surface area contributed by atoms with Crippen LogP contribution >= 0.6 is 0 Å². The molecule has 0 unspecified atom stereocenters. The summed E-state index contributed by atoms with van der Waals surface area (Å²) in [6, 6.07) is 11.3. The van der Waals surface area contributed by atoms with E-state index in [1.54, 1.807) is 4.90 Å². The van der Waals surface area contributed by atoms with Crippen molar-refractivity contribution in [3.8, 4) is 0 Å². The third kappa shape index (κ3) is 9.94. The number of halogens is 2. The molecule has 224 valence electrons. The molecule has 2 aliphatic rings. The van der Waals surface area contributed by atoms with Crippen molar-refractivity contribution in [1.29, 1.82) is 0 Å². The molecule has 2 aromatic rings. The van der Waals surface area contributed by atoms with Gasteiger partial charge < -0.3 is 15.5 Å². The van der Waals surface area contributed by atoms with Gasteiger partial charge in [0.05, 0.1) is 6.26 Å². The van der Waals surface area contributed by atoms with Crippen LogP contribution in [0.4, 0.5) is 8.78 Å². The second-order valence-corrected chi connectivity index (χ2v) is 11.7. The summed E-state index contributed by atoms with van der Waals surface area (Å²) in [5, 5.41) is 0. The number of hydrogen-bond acceptors (Lipinski definition) is 5. The highest BCUT2D eigenvalue weighted by Gasteiger charge is 2.33. The first-order valence-corrected chi connectivity index (χ1v) is 15.6. The fraction of sp³-hybridized carbons (Fsp3) is 0.517. The standard InChI is InChI=1S/C18H27FN4O4S.C9H9F.C2H6.H2/c1-21(17(24)14-5-7-15(19)8-6-14)16(4-3-9-20)18(25)22-10-12-23(13-11-22)28(2,26)27;10-9-5-3-8(4-6-9)7-1-2-7;1-2;/h5-8,16H,3-4,9-13,20H2,1-2H3;3-7H,1-2H2;1-2H3;1H/t16-;;;/m0.../s1. The second-order valence-electron chi connectivity index (χ2n) is 9.68. The molecule has 1 heterocycles. The van der Waals surface area contributed by atoms with Gasteiger partial charge in [0.15, 0.2) is 0 Å². The Labute approximate surface area is 238 Å². The molecule has 0 bridgehead atoms. The molecule has 2 N–H and O–H groups in total. The lowest BCUT2D eigenvalue weighted by Crippen LogP contribution is -2.56. The summed E-state index contributed by atoms with van der Waals surface area (Å²) in [5.74, 6) is -0.464. The first-order valence-electron chi connectivity index (χ1n) is 13.7. The number of sulfonamides is 1. The van der Waals surface area contributed by atoms with Crippen molar-refractivity contribution in [1.82, 2.24) is 14.1 Å². The molecule has 0 spiro atoms. The predicted octanol–water partition coefficient (Wildman–Crippen LogP) is 4.08. The minimum Gasteiger partial charge on any atom is -0.338 e. The zero-order valence-corrected chi connectivity index (χ0v) is 24.7. The maximum Gasteiger partial charge on any atom is 0.254 e. The van der Waals surface area contributed by atoms with Gasteiger partial charge in [-0.2, -0.15) is 4.31 Å². The Morgan fingerprint density at radius 2 is 1.48 bits per heavy atom. The minimum atomic E-state index is -3.30. The lowest BCUT2D eigenvalue weighted by molar-refractivity contribution is -0.137. The highest BCUT2D eigenvalue weighted by molar-refractivity contribution is 7.88. The Morgan fingerprint density at radius 3 is 1.93 bits per heavy atom. The minimum absolute atomic E-state index is 0. The molecule has 2 aromatic carbocycles. The number of carbonyl (C=O) groups is 2. The van der Waals surface area contributed by atoms with E-state index in [1.165, 1.54) is 71.1 Å². The summed E-state index contributed by atoms with van der Waals surface area (Å²) in [4.78, 5) is 28.7. The van der Waals surface area contributed by atoms with E-state index in [1.807, 2.05) is 26.0 Å². The van der Waals surface area contributed by atoms with Gasteiger partial charge >= 0.3 is 0 Å². The molecule has 1 aliphatic carbocycles. The maximum absolute atomic E-state index is 13.1. The highest BCUT2D eigenvalue weighted by atomic mass is 32.2. The molecular formula is C29H44F2N4O4S. The molecule has 2 amide bonds. The van der Waals surface area contributed by atoms with E-state index >= 15 is 0 Å². The Hall–Kier alpha value is -2.89. The predicted molar refractivity (Wildman–Crippen MR) is 155 cm³/mol. The van der Waals surface area contributed by atoms with Gasteiger partial charge in [0.1, 0.15) is 17.7 Å². The van der Waals surface area contributed by atoms with E-state index in [4.69, 9.17) is 5.73 Å². The van der Waals surface area contributed by atoms with E-state index in [-0.39, 0.29) is 50.8 Å². The number of hydrogen-bond donors (Lipinski definition) is 1. The average Bonchev–Trinajstić information content (AvgIpc) is 3.80. The van der Waals surface area contributed by atoms with Gasteiger partial charge in [-0.1, -0.05) is 26.0 Å². The van der Waals surface area contributed by atoms with Crippen LogP contribution < -0.4 is 5.73 Å². The molecule has 0 radical (unpaired) electrons. The molecular weight excluding hydrogens is 538 g/mol. The summed E-state index contributed by atoms with van der Waals surface area (Å²) in [5.41, 5.74) is 7.16. The van der Waals surface area contributed by atoms with Gasteiger partial charge in [-0.05, 0) is 80.1 Å². The van der Waals surface area contributed by atoms with E-state index in [0.29, 0.717) is 19.4 Å². The monoisotopic (exact) mass is 582 g/mol. The molecule has 40 heavy (non-hydrogen) atoms. The van der Waals surface area contributed by atoms with Crippen molar-refractivity contribution < 1.29 is 28.2 Å². The lowest BCUT2D eigenvalue weighted by atomic mass is 10.1. The van der Waals surface area contributed by atoms with Crippen LogP contribution in [0.3, 0.4) is 0 Å². The van der Waals surface area contributed by atoms with E-state index < -0.39 is 21.9 Å². The van der Waals surface area contributed by atoms with Crippen LogP contribution in [-0.4, -0.2) is 86.4 Å². The Kier molecular flexibility index (Phi) is 13.1. The largest absolute Gasteiger partial charge is 0.338 e. The highest BCUT2D eigenvalue weighted by Crippen LogP contribution is 2.39. The normalized spacial score (nSPS) is 16.1. The van der Waals surface area contributed by atoms with Crippen LogP contribution in [0.1, 0.15) is 62.8 Å². The third-order valence-corrected chi connectivity index (χ3v) is 8.09. The Bertz CT molecular complexity index is 1190. The van der Waals surface area contributed by atoms with Crippen LogP contribution in [0.5, 0.6) is 0 Å². The first-order chi connectivity index (χ1) is 19.0. The van der Waals surface area contributed by atoms with Crippen molar-refractivity contribution in [3.63, 3.8) is 0 Å². The number of carbonyl (C=O) groups excluding carboxylic acids is 2. The molecule has 1 saturated heterocycles.